The van der Waals surface area contributed by atoms with Crippen LogP contribution in [0.25, 0.3) is 11.0 Å². The summed E-state index contributed by atoms with van der Waals surface area (Å²) < 4.78 is 1.86. The largest absolute Gasteiger partial charge is 0.352 e. The summed E-state index contributed by atoms with van der Waals surface area (Å²) in [6.07, 6.45) is 0. The molecule has 0 unspecified atom stereocenters. The highest BCUT2D eigenvalue weighted by molar-refractivity contribution is 7.99. The lowest BCUT2D eigenvalue weighted by Crippen LogP contribution is -2.33. The molecule has 0 aliphatic rings. The third kappa shape index (κ3) is 4.48. The first-order chi connectivity index (χ1) is 10.9. The van der Waals surface area contributed by atoms with E-state index >= 15 is 0 Å². The Morgan fingerprint density at radius 1 is 1.30 bits per heavy atom. The monoisotopic (exact) mass is 334 g/mol. The minimum absolute atomic E-state index is 0.0141. The maximum atomic E-state index is 12.1. The molecule has 0 atom stereocenters. The van der Waals surface area contributed by atoms with E-state index in [0.29, 0.717) is 10.9 Å². The topological polar surface area (TPSA) is 67.2 Å². The van der Waals surface area contributed by atoms with E-state index in [1.807, 2.05) is 42.7 Å². The quantitative estimate of drug-likeness (QED) is 0.817. The number of carbonyl (C=O) groups excluding carboxylic acids is 2. The van der Waals surface area contributed by atoms with Gasteiger partial charge in [0.05, 0.1) is 16.8 Å². The van der Waals surface area contributed by atoms with Gasteiger partial charge in [0.15, 0.2) is 5.16 Å². The van der Waals surface area contributed by atoms with Crippen molar-refractivity contribution in [3.05, 3.63) is 24.3 Å². The summed E-state index contributed by atoms with van der Waals surface area (Å²) in [5.74, 6) is 0.242. The lowest BCUT2D eigenvalue weighted by Gasteiger charge is -2.12. The maximum absolute atomic E-state index is 12.1. The summed E-state index contributed by atoms with van der Waals surface area (Å²) in [7, 11) is 3.45. The number of amides is 2. The summed E-state index contributed by atoms with van der Waals surface area (Å²) in [6, 6.07) is 7.75. The van der Waals surface area contributed by atoms with E-state index in [0.717, 1.165) is 11.0 Å². The van der Waals surface area contributed by atoms with E-state index in [9.17, 15) is 9.59 Å². The van der Waals surface area contributed by atoms with Crippen LogP contribution in [0.4, 0.5) is 0 Å². The third-order valence-electron chi connectivity index (χ3n) is 3.19. The summed E-state index contributed by atoms with van der Waals surface area (Å²) in [6.45, 7) is 4.04. The van der Waals surface area contributed by atoms with Crippen molar-refractivity contribution >= 4 is 34.6 Å². The number of hydrogen-bond donors (Lipinski definition) is 1. The Hall–Kier alpha value is -2.02. The minimum atomic E-state index is -0.0658. The fraction of sp³-hybridized carbons (Fsp3) is 0.438. The Morgan fingerprint density at radius 2 is 2.00 bits per heavy atom. The highest BCUT2D eigenvalue weighted by atomic mass is 32.2. The number of nitrogens with one attached hydrogen (secondary N) is 1. The molecule has 23 heavy (non-hydrogen) atoms. The predicted molar refractivity (Wildman–Crippen MR) is 92.4 cm³/mol. The molecule has 1 aromatic carbocycles. The number of thioether (sulfide) groups is 1. The number of para-hydroxylation sites is 2. The van der Waals surface area contributed by atoms with E-state index in [2.05, 4.69) is 10.3 Å². The van der Waals surface area contributed by atoms with Crippen LogP contribution < -0.4 is 5.32 Å². The van der Waals surface area contributed by atoms with Crippen molar-refractivity contribution in [3.63, 3.8) is 0 Å². The Balaban J connectivity index is 2.26. The molecular formula is C16H22N4O2S. The molecule has 1 N–H and O–H groups in total. The zero-order valence-electron chi connectivity index (χ0n) is 13.9. The van der Waals surface area contributed by atoms with Gasteiger partial charge in [-0.2, -0.15) is 0 Å². The summed E-state index contributed by atoms with van der Waals surface area (Å²) in [4.78, 5) is 30.0. The van der Waals surface area contributed by atoms with Crippen molar-refractivity contribution in [2.45, 2.75) is 31.6 Å². The summed E-state index contributed by atoms with van der Waals surface area (Å²) in [5.41, 5.74) is 1.72. The Morgan fingerprint density at radius 3 is 2.65 bits per heavy atom. The Labute approximate surface area is 140 Å². The molecule has 0 aliphatic heterocycles. The van der Waals surface area contributed by atoms with Crippen molar-refractivity contribution in [2.24, 2.45) is 0 Å². The van der Waals surface area contributed by atoms with E-state index < -0.39 is 0 Å². The fourth-order valence-corrected chi connectivity index (χ4v) is 3.08. The maximum Gasteiger partial charge on any atom is 0.240 e. The summed E-state index contributed by atoms with van der Waals surface area (Å²) >= 11 is 1.35. The molecule has 0 fully saturated rings. The standard InChI is InChI=1S/C16H22N4O2S/c1-11(2)17-14(21)9-20-13-8-6-5-7-12(13)18-16(20)23-10-15(22)19(3)4/h5-8,11H,9-10H2,1-4H3,(H,17,21). The van der Waals surface area contributed by atoms with Gasteiger partial charge >= 0.3 is 0 Å². The number of aromatic nitrogens is 2. The molecule has 0 bridgehead atoms. The average molecular weight is 334 g/mol. The van der Waals surface area contributed by atoms with Crippen molar-refractivity contribution < 1.29 is 9.59 Å². The lowest BCUT2D eigenvalue weighted by molar-refractivity contribution is -0.126. The number of imidazole rings is 1. The number of benzene rings is 1. The predicted octanol–water partition coefficient (Wildman–Crippen LogP) is 1.74. The number of carbonyl (C=O) groups is 2. The first kappa shape index (κ1) is 17.3. The van der Waals surface area contributed by atoms with Gasteiger partial charge in [-0.3, -0.25) is 9.59 Å². The zero-order chi connectivity index (χ0) is 17.0. The van der Waals surface area contributed by atoms with Crippen LogP contribution in [-0.4, -0.2) is 52.2 Å². The highest BCUT2D eigenvalue weighted by Gasteiger charge is 2.16. The van der Waals surface area contributed by atoms with Crippen molar-refractivity contribution in [3.8, 4) is 0 Å². The van der Waals surface area contributed by atoms with Crippen molar-refractivity contribution in [1.82, 2.24) is 19.8 Å². The van der Waals surface area contributed by atoms with Gasteiger partial charge in [0.1, 0.15) is 6.54 Å². The molecule has 6 nitrogen and oxygen atoms in total. The van der Waals surface area contributed by atoms with E-state index in [4.69, 9.17) is 0 Å². The van der Waals surface area contributed by atoms with Crippen LogP contribution in [0.2, 0.25) is 0 Å². The van der Waals surface area contributed by atoms with Gasteiger partial charge in [-0.25, -0.2) is 4.98 Å². The molecule has 0 aliphatic carbocycles. The SMILES string of the molecule is CC(C)NC(=O)Cn1c(SCC(=O)N(C)C)nc2ccccc21. The van der Waals surface area contributed by atoms with Gasteiger partial charge < -0.3 is 14.8 Å². The second-order valence-corrected chi connectivity index (χ2v) is 6.71. The van der Waals surface area contributed by atoms with Gasteiger partial charge in [0.25, 0.3) is 0 Å². The van der Waals surface area contributed by atoms with Gasteiger partial charge in [-0.05, 0) is 26.0 Å². The molecule has 2 rings (SSSR count). The van der Waals surface area contributed by atoms with Crippen LogP contribution in [0.5, 0.6) is 0 Å². The molecule has 1 heterocycles. The van der Waals surface area contributed by atoms with E-state index in [-0.39, 0.29) is 24.4 Å². The smallest absolute Gasteiger partial charge is 0.240 e. The summed E-state index contributed by atoms with van der Waals surface area (Å²) in [5, 5.41) is 3.56. The zero-order valence-corrected chi connectivity index (χ0v) is 14.7. The van der Waals surface area contributed by atoms with E-state index in [1.54, 1.807) is 19.0 Å². The molecule has 0 radical (unpaired) electrons. The first-order valence-corrected chi connectivity index (χ1v) is 8.44. The Bertz CT molecular complexity index is 709. The normalized spacial score (nSPS) is 11.0. The van der Waals surface area contributed by atoms with E-state index in [1.165, 1.54) is 11.8 Å². The molecule has 1 aromatic heterocycles. The molecule has 0 spiro atoms. The van der Waals surface area contributed by atoms with Crippen LogP contribution in [0.1, 0.15) is 13.8 Å². The van der Waals surface area contributed by atoms with Crippen LogP contribution >= 0.6 is 11.8 Å². The van der Waals surface area contributed by atoms with Crippen LogP contribution in [0.3, 0.4) is 0 Å². The molecule has 0 saturated heterocycles. The van der Waals surface area contributed by atoms with Crippen LogP contribution in [0, 0.1) is 0 Å². The van der Waals surface area contributed by atoms with Gasteiger partial charge in [0, 0.05) is 20.1 Å². The minimum Gasteiger partial charge on any atom is -0.352 e. The fourth-order valence-electron chi connectivity index (χ4n) is 2.08. The molecule has 7 heteroatoms. The number of fused-ring (bicyclic) bond motifs is 1. The molecule has 2 amide bonds. The van der Waals surface area contributed by atoms with Gasteiger partial charge in [-0.15, -0.1) is 0 Å². The average Bonchev–Trinajstić information content (AvgIpc) is 2.82. The molecule has 0 saturated carbocycles. The second kappa shape index (κ2) is 7.50. The highest BCUT2D eigenvalue weighted by Crippen LogP contribution is 2.24. The van der Waals surface area contributed by atoms with Crippen molar-refractivity contribution in [2.75, 3.05) is 19.8 Å². The molecule has 2 aromatic rings. The lowest BCUT2D eigenvalue weighted by atomic mass is 10.3. The number of nitrogens with zero attached hydrogens (tertiary/aromatic N) is 3. The Kier molecular flexibility index (Phi) is 5.65. The van der Waals surface area contributed by atoms with Gasteiger partial charge in [0.2, 0.25) is 11.8 Å². The number of rotatable bonds is 6. The van der Waals surface area contributed by atoms with Gasteiger partial charge in [-0.1, -0.05) is 23.9 Å². The third-order valence-corrected chi connectivity index (χ3v) is 4.16. The van der Waals surface area contributed by atoms with Crippen LogP contribution in [0.15, 0.2) is 29.4 Å². The first-order valence-electron chi connectivity index (χ1n) is 7.46. The van der Waals surface area contributed by atoms with Crippen LogP contribution in [-0.2, 0) is 16.1 Å². The van der Waals surface area contributed by atoms with Crippen molar-refractivity contribution in [1.29, 1.82) is 0 Å². The molecule has 124 valence electrons. The second-order valence-electron chi connectivity index (χ2n) is 5.77. The molecular weight excluding hydrogens is 312 g/mol. The number of hydrogen-bond acceptors (Lipinski definition) is 4.